The summed E-state index contributed by atoms with van der Waals surface area (Å²) in [5.74, 6) is -5.16. The fourth-order valence-electron chi connectivity index (χ4n) is 1.75. The molecule has 21 heavy (non-hydrogen) atoms. The van der Waals surface area contributed by atoms with Crippen LogP contribution in [-0.4, -0.2) is 30.1 Å². The first kappa shape index (κ1) is 15.3. The van der Waals surface area contributed by atoms with E-state index in [4.69, 9.17) is 25.8 Å². The summed E-state index contributed by atoms with van der Waals surface area (Å²) in [5.41, 5.74) is 0. The van der Waals surface area contributed by atoms with Crippen LogP contribution in [0.4, 0.5) is 0 Å². The normalized spacial score (nSPS) is 17.9. The van der Waals surface area contributed by atoms with Gasteiger partial charge in [-0.05, 0) is 24.3 Å². The first-order chi connectivity index (χ1) is 9.78. The van der Waals surface area contributed by atoms with E-state index in [0.29, 0.717) is 10.8 Å². The Morgan fingerprint density at radius 3 is 2.24 bits per heavy atom. The van der Waals surface area contributed by atoms with E-state index in [1.807, 2.05) is 0 Å². The van der Waals surface area contributed by atoms with Gasteiger partial charge in [0.15, 0.2) is 5.78 Å². The minimum absolute atomic E-state index is 0.394. The highest BCUT2D eigenvalue weighted by Gasteiger charge is 2.47. The minimum Gasteiger partial charge on any atom is -0.486 e. The number of halogens is 1. The Morgan fingerprint density at radius 2 is 1.71 bits per heavy atom. The predicted molar refractivity (Wildman–Crippen MR) is 71.7 cm³/mol. The molecule has 1 heterocycles. The average Bonchev–Trinajstić information content (AvgIpc) is 2.35. The van der Waals surface area contributed by atoms with Gasteiger partial charge in [-0.3, -0.25) is 14.4 Å². The second-order valence-corrected chi connectivity index (χ2v) is 5.32. The highest BCUT2D eigenvalue weighted by molar-refractivity contribution is 6.30. The molecule has 7 heteroatoms. The Bertz CT molecular complexity index is 558. The van der Waals surface area contributed by atoms with Crippen molar-refractivity contribution >= 4 is 29.3 Å². The Kier molecular flexibility index (Phi) is 4.18. The number of Topliss-reactive ketones (excluding diaryl/α,β-unsaturated/α-hetero) is 1. The smallest absolute Gasteiger partial charge is 0.331 e. The standard InChI is InChI=1S/C14H13ClO6/c1-14(2)20-12(17)11(13(18)21-14)10(16)7-19-9-5-3-8(15)4-6-9/h3-6,11H,7H2,1-2H3. The zero-order valence-electron chi connectivity index (χ0n) is 11.4. The summed E-state index contributed by atoms with van der Waals surface area (Å²) < 4.78 is 14.9. The molecule has 1 aliphatic rings. The lowest BCUT2D eigenvalue weighted by Crippen LogP contribution is -2.50. The fraction of sp³-hybridized carbons (Fsp3) is 0.357. The lowest BCUT2D eigenvalue weighted by molar-refractivity contribution is -0.238. The summed E-state index contributed by atoms with van der Waals surface area (Å²) in [6, 6.07) is 6.31. The van der Waals surface area contributed by atoms with E-state index in [0.717, 1.165) is 0 Å². The van der Waals surface area contributed by atoms with E-state index in [-0.39, 0.29) is 0 Å². The number of esters is 2. The van der Waals surface area contributed by atoms with Crippen LogP contribution in [0.3, 0.4) is 0 Å². The minimum atomic E-state index is -1.61. The van der Waals surface area contributed by atoms with Gasteiger partial charge in [-0.1, -0.05) is 11.6 Å². The summed E-state index contributed by atoms with van der Waals surface area (Å²) in [6.07, 6.45) is 0. The summed E-state index contributed by atoms with van der Waals surface area (Å²) in [4.78, 5) is 35.3. The van der Waals surface area contributed by atoms with E-state index in [1.54, 1.807) is 24.3 Å². The quantitative estimate of drug-likeness (QED) is 0.622. The van der Waals surface area contributed by atoms with Crippen molar-refractivity contribution in [1.82, 2.24) is 0 Å². The van der Waals surface area contributed by atoms with Gasteiger partial charge in [0.2, 0.25) is 5.92 Å². The highest BCUT2D eigenvalue weighted by Crippen LogP contribution is 2.24. The molecule has 0 aromatic heterocycles. The number of ether oxygens (including phenoxy) is 3. The molecule has 112 valence electrons. The van der Waals surface area contributed by atoms with Gasteiger partial charge in [0.05, 0.1) is 0 Å². The molecule has 0 N–H and O–H groups in total. The van der Waals surface area contributed by atoms with Crippen LogP contribution in [0.1, 0.15) is 13.8 Å². The highest BCUT2D eigenvalue weighted by atomic mass is 35.5. The number of carbonyl (C=O) groups is 3. The lowest BCUT2D eigenvalue weighted by atomic mass is 10.0. The van der Waals surface area contributed by atoms with Crippen molar-refractivity contribution in [1.29, 1.82) is 0 Å². The summed E-state index contributed by atoms with van der Waals surface area (Å²) in [5, 5.41) is 0.523. The van der Waals surface area contributed by atoms with E-state index in [2.05, 4.69) is 0 Å². The van der Waals surface area contributed by atoms with Crippen LogP contribution in [0, 0.1) is 5.92 Å². The molecule has 0 aliphatic carbocycles. The second-order valence-electron chi connectivity index (χ2n) is 4.88. The molecule has 0 saturated carbocycles. The SMILES string of the molecule is CC1(C)OC(=O)C(C(=O)COc2ccc(Cl)cc2)C(=O)O1. The van der Waals surface area contributed by atoms with E-state index < -0.39 is 36.0 Å². The van der Waals surface area contributed by atoms with Crippen molar-refractivity contribution in [2.24, 2.45) is 5.92 Å². The second kappa shape index (κ2) is 5.73. The van der Waals surface area contributed by atoms with Crippen molar-refractivity contribution in [3.05, 3.63) is 29.3 Å². The van der Waals surface area contributed by atoms with Gasteiger partial charge >= 0.3 is 11.9 Å². The van der Waals surface area contributed by atoms with E-state index in [1.165, 1.54) is 13.8 Å². The number of rotatable bonds is 4. The third-order valence-electron chi connectivity index (χ3n) is 2.68. The van der Waals surface area contributed by atoms with Crippen LogP contribution in [-0.2, 0) is 23.9 Å². The van der Waals surface area contributed by atoms with Gasteiger partial charge in [0.1, 0.15) is 12.4 Å². The Labute approximate surface area is 125 Å². The van der Waals surface area contributed by atoms with Gasteiger partial charge in [-0.15, -0.1) is 0 Å². The molecule has 2 rings (SSSR count). The third kappa shape index (κ3) is 3.72. The van der Waals surface area contributed by atoms with Gasteiger partial charge < -0.3 is 14.2 Å². The Hall–Kier alpha value is -2.08. The number of carbonyl (C=O) groups excluding carboxylic acids is 3. The first-order valence-electron chi connectivity index (χ1n) is 6.15. The molecule has 0 unspecified atom stereocenters. The van der Waals surface area contributed by atoms with Gasteiger partial charge in [0.25, 0.3) is 5.79 Å². The molecule has 0 radical (unpaired) electrons. The monoisotopic (exact) mass is 312 g/mol. The molecule has 0 bridgehead atoms. The van der Waals surface area contributed by atoms with Gasteiger partial charge in [-0.25, -0.2) is 0 Å². The molecule has 6 nitrogen and oxygen atoms in total. The van der Waals surface area contributed by atoms with Crippen molar-refractivity contribution < 1.29 is 28.6 Å². The zero-order chi connectivity index (χ0) is 15.6. The number of ketones is 1. The number of hydrogen-bond donors (Lipinski definition) is 0. The van der Waals surface area contributed by atoms with Crippen molar-refractivity contribution in [3.8, 4) is 5.75 Å². The van der Waals surface area contributed by atoms with Crippen LogP contribution in [0.15, 0.2) is 24.3 Å². The summed E-state index contributed by atoms with van der Waals surface area (Å²) in [7, 11) is 0. The molecule has 0 atom stereocenters. The lowest BCUT2D eigenvalue weighted by Gasteiger charge is -2.32. The summed E-state index contributed by atoms with van der Waals surface area (Å²) in [6.45, 7) is 2.37. The molecular formula is C14H13ClO6. The van der Waals surface area contributed by atoms with Crippen molar-refractivity contribution in [2.75, 3.05) is 6.61 Å². The van der Waals surface area contributed by atoms with Crippen LogP contribution in [0.25, 0.3) is 0 Å². The average molecular weight is 313 g/mol. The number of hydrogen-bond acceptors (Lipinski definition) is 6. The Morgan fingerprint density at radius 1 is 1.19 bits per heavy atom. The molecule has 1 aliphatic heterocycles. The molecule has 1 fully saturated rings. The molecular weight excluding hydrogens is 300 g/mol. The molecule has 0 spiro atoms. The largest absolute Gasteiger partial charge is 0.486 e. The predicted octanol–water partition coefficient (Wildman–Crippen LogP) is 1.74. The number of benzene rings is 1. The maximum atomic E-state index is 11.9. The van der Waals surface area contributed by atoms with Crippen molar-refractivity contribution in [3.63, 3.8) is 0 Å². The van der Waals surface area contributed by atoms with E-state index in [9.17, 15) is 14.4 Å². The van der Waals surface area contributed by atoms with Gasteiger partial charge in [-0.2, -0.15) is 0 Å². The van der Waals surface area contributed by atoms with Crippen LogP contribution < -0.4 is 4.74 Å². The molecule has 1 saturated heterocycles. The third-order valence-corrected chi connectivity index (χ3v) is 2.93. The van der Waals surface area contributed by atoms with Crippen LogP contribution in [0.5, 0.6) is 5.75 Å². The molecule has 1 aromatic carbocycles. The number of cyclic esters (lactones) is 2. The zero-order valence-corrected chi connectivity index (χ0v) is 12.2. The van der Waals surface area contributed by atoms with Gasteiger partial charge in [0, 0.05) is 18.9 Å². The fourth-order valence-corrected chi connectivity index (χ4v) is 1.88. The van der Waals surface area contributed by atoms with Crippen LogP contribution >= 0.6 is 11.6 Å². The first-order valence-corrected chi connectivity index (χ1v) is 6.53. The summed E-state index contributed by atoms with van der Waals surface area (Å²) >= 11 is 5.72. The van der Waals surface area contributed by atoms with Crippen LogP contribution in [0.2, 0.25) is 5.02 Å². The van der Waals surface area contributed by atoms with Crippen molar-refractivity contribution in [2.45, 2.75) is 19.6 Å². The Balaban J connectivity index is 1.98. The molecule has 1 aromatic rings. The maximum absolute atomic E-state index is 11.9. The molecule has 0 amide bonds. The maximum Gasteiger partial charge on any atom is 0.331 e. The van der Waals surface area contributed by atoms with E-state index >= 15 is 0 Å². The topological polar surface area (TPSA) is 78.9 Å².